The first kappa shape index (κ1) is 39.8. The predicted octanol–water partition coefficient (Wildman–Crippen LogP) is 3.53. The third-order valence-corrected chi connectivity index (χ3v) is 11.2. The number of nitrogens with two attached hydrogens (primary N) is 2. The van der Waals surface area contributed by atoms with Crippen LogP contribution < -0.4 is 11.7 Å². The molecule has 0 saturated carbocycles. The Kier molecular flexibility index (Phi) is 12.9. The number of carbonyl (C=O) groups is 1. The predicted molar refractivity (Wildman–Crippen MR) is 157 cm³/mol. The fourth-order valence-corrected chi connectivity index (χ4v) is 8.43. The number of hydrogen-bond acceptors (Lipinski definition) is 8. The summed E-state index contributed by atoms with van der Waals surface area (Å²) in [6.07, 6.45) is -6.25. The van der Waals surface area contributed by atoms with Crippen LogP contribution in [0, 0.1) is 0 Å². The fourth-order valence-electron chi connectivity index (χ4n) is 5.10. The topological polar surface area (TPSA) is 204 Å². The zero-order chi connectivity index (χ0) is 34.7. The minimum Gasteiger partial charge on any atom is -0.412 e. The molecule has 2 atom stereocenters. The van der Waals surface area contributed by atoms with Gasteiger partial charge < -0.3 is 5.48 Å². The fraction of sp³-hybridized carbons (Fsp3) is 0.407. The van der Waals surface area contributed by atoms with E-state index in [0.717, 1.165) is 58.4 Å². The van der Waals surface area contributed by atoms with Gasteiger partial charge in [0.1, 0.15) is 5.78 Å². The summed E-state index contributed by atoms with van der Waals surface area (Å²) in [4.78, 5) is 11.0. The molecule has 1 fully saturated rings. The van der Waals surface area contributed by atoms with Crippen molar-refractivity contribution in [3.63, 3.8) is 0 Å². The Labute approximate surface area is 267 Å². The molecule has 0 unspecified atom stereocenters. The lowest BCUT2D eigenvalue weighted by atomic mass is 10.1. The summed E-state index contributed by atoms with van der Waals surface area (Å²) >= 11 is 0. The summed E-state index contributed by atoms with van der Waals surface area (Å²) in [6, 6.07) is 6.07. The molecule has 1 aromatic heterocycles. The smallest absolute Gasteiger partial charge is 0.412 e. The van der Waals surface area contributed by atoms with Gasteiger partial charge in [-0.2, -0.15) is 40.1 Å². The SMILES string of the molecule is CC[C@@H]1CC(=O)CN1S(=O)(=O)c1ccc(C(F)(F)F)cc1.CC[C@@H]1c2cn[nH]c2CN1S(=O)(=O)c1ccc(C(F)(F)F)cc1.NN.O. The number of benzene rings is 2. The number of ketones is 1. The van der Waals surface area contributed by atoms with Crippen LogP contribution in [-0.4, -0.2) is 59.5 Å². The van der Waals surface area contributed by atoms with E-state index in [2.05, 4.69) is 21.9 Å². The van der Waals surface area contributed by atoms with Crippen LogP contribution in [-0.2, 0) is 43.7 Å². The lowest BCUT2D eigenvalue weighted by Crippen LogP contribution is -2.35. The number of fused-ring (bicyclic) bond motifs is 1. The average Bonchev–Trinajstić information content (AvgIpc) is 3.72. The highest BCUT2D eigenvalue weighted by Gasteiger charge is 2.41. The van der Waals surface area contributed by atoms with Gasteiger partial charge in [-0.1, -0.05) is 13.8 Å². The molecule has 1 saturated heterocycles. The maximum Gasteiger partial charge on any atom is 0.416 e. The van der Waals surface area contributed by atoms with Crippen LogP contribution in [0.15, 0.2) is 64.5 Å². The van der Waals surface area contributed by atoms with Gasteiger partial charge in [0.25, 0.3) is 0 Å². The molecule has 5 rings (SSSR count). The zero-order valence-electron chi connectivity index (χ0n) is 25.0. The minimum absolute atomic E-state index is 0. The van der Waals surface area contributed by atoms with Crippen LogP contribution >= 0.6 is 0 Å². The number of H-pyrrole nitrogens is 1. The number of halogens is 6. The van der Waals surface area contributed by atoms with Gasteiger partial charge in [-0.3, -0.25) is 21.6 Å². The van der Waals surface area contributed by atoms with Crippen molar-refractivity contribution in [1.29, 1.82) is 0 Å². The van der Waals surface area contributed by atoms with Crippen molar-refractivity contribution < 1.29 is 53.4 Å². The Hall–Kier alpha value is -3.40. The number of alkyl halides is 6. The normalized spacial score (nSPS) is 18.8. The summed E-state index contributed by atoms with van der Waals surface area (Å²) < 4.78 is 128. The molecule has 20 heteroatoms. The van der Waals surface area contributed by atoms with Crippen molar-refractivity contribution >= 4 is 25.8 Å². The van der Waals surface area contributed by atoms with Crippen LogP contribution in [0.3, 0.4) is 0 Å². The Morgan fingerprint density at radius 2 is 1.23 bits per heavy atom. The van der Waals surface area contributed by atoms with Crippen molar-refractivity contribution in [2.75, 3.05) is 6.54 Å². The Morgan fingerprint density at radius 1 is 0.787 bits per heavy atom. The number of rotatable bonds is 6. The van der Waals surface area contributed by atoms with E-state index >= 15 is 0 Å². The van der Waals surface area contributed by atoms with Gasteiger partial charge >= 0.3 is 12.4 Å². The van der Waals surface area contributed by atoms with E-state index in [-0.39, 0.29) is 46.6 Å². The number of hydrogen-bond donors (Lipinski definition) is 3. The van der Waals surface area contributed by atoms with E-state index in [4.69, 9.17) is 0 Å². The molecule has 7 N–H and O–H groups in total. The number of aromatic nitrogens is 2. The van der Waals surface area contributed by atoms with Crippen molar-refractivity contribution in [3.8, 4) is 0 Å². The third kappa shape index (κ3) is 8.55. The van der Waals surface area contributed by atoms with Crippen molar-refractivity contribution in [2.24, 2.45) is 11.7 Å². The minimum atomic E-state index is -4.52. The summed E-state index contributed by atoms with van der Waals surface area (Å²) in [5, 5.41) is 6.66. The van der Waals surface area contributed by atoms with Gasteiger partial charge in [-0.05, 0) is 61.4 Å². The Balaban J connectivity index is 0.000000306. The molecule has 262 valence electrons. The number of hydrazine groups is 1. The van der Waals surface area contributed by atoms with E-state index in [1.54, 1.807) is 13.1 Å². The van der Waals surface area contributed by atoms with E-state index in [9.17, 15) is 48.0 Å². The van der Waals surface area contributed by atoms with Crippen LogP contribution in [0.2, 0.25) is 0 Å². The standard InChI is InChI=1S/C14H14F3N3O2S.C13H14F3NO3S.H4N2.H2O/c1-2-13-11-7-18-19-12(11)8-20(13)23(21,22)10-5-3-9(4-6-10)14(15,16)17;1-2-10-7-11(18)8-17(10)21(19,20)12-5-3-9(4-6-12)13(14,15)16;1-2;/h3-7,13H,2,8H2,1H3,(H,18,19);3-6,10H,2,7-8H2,1H3;1-2H2;1H2/t13-;10-;;/m11../s1. The molecule has 2 aliphatic rings. The number of nitrogens with zero attached hydrogens (tertiary/aromatic N) is 3. The van der Waals surface area contributed by atoms with Crippen molar-refractivity contribution in [2.45, 2.75) is 73.9 Å². The average molecular weight is 717 g/mol. The highest BCUT2D eigenvalue weighted by molar-refractivity contribution is 7.89. The largest absolute Gasteiger partial charge is 0.416 e. The van der Waals surface area contributed by atoms with E-state index in [1.165, 1.54) is 4.31 Å². The summed E-state index contributed by atoms with van der Waals surface area (Å²) in [7, 11) is -7.83. The van der Waals surface area contributed by atoms with Crippen molar-refractivity contribution in [1.82, 2.24) is 18.8 Å². The second-order valence-corrected chi connectivity index (χ2v) is 14.0. The second kappa shape index (κ2) is 15.2. The van der Waals surface area contributed by atoms with E-state index in [1.807, 2.05) is 6.92 Å². The monoisotopic (exact) mass is 716 g/mol. The second-order valence-electron chi connectivity index (χ2n) is 10.2. The lowest BCUT2D eigenvalue weighted by molar-refractivity contribution is -0.138. The molecule has 47 heavy (non-hydrogen) atoms. The molecule has 0 radical (unpaired) electrons. The van der Waals surface area contributed by atoms with E-state index < -0.39 is 49.6 Å². The highest BCUT2D eigenvalue weighted by atomic mass is 32.2. The summed E-state index contributed by atoms with van der Waals surface area (Å²) in [5.41, 5.74) is -0.263. The van der Waals surface area contributed by atoms with E-state index in [0.29, 0.717) is 18.5 Å². The number of sulfonamides is 2. The molecule has 12 nitrogen and oxygen atoms in total. The first-order valence-electron chi connectivity index (χ1n) is 13.7. The molecule has 2 aliphatic heterocycles. The first-order valence-corrected chi connectivity index (χ1v) is 16.5. The molecule has 0 aliphatic carbocycles. The molecule has 2 aromatic carbocycles. The highest BCUT2D eigenvalue weighted by Crippen LogP contribution is 2.39. The Bertz CT molecular complexity index is 1710. The molecule has 3 aromatic rings. The molecule has 3 heterocycles. The molecular formula is C27H34F6N6O6S2. The third-order valence-electron chi connectivity index (χ3n) is 7.41. The zero-order valence-corrected chi connectivity index (χ0v) is 26.6. The molecule has 0 amide bonds. The van der Waals surface area contributed by atoms with Gasteiger partial charge in [-0.15, -0.1) is 0 Å². The van der Waals surface area contributed by atoms with Crippen LogP contribution in [0.5, 0.6) is 0 Å². The number of nitrogens with one attached hydrogen (secondary N) is 1. The van der Waals surface area contributed by atoms with Gasteiger partial charge in [-0.25, -0.2) is 16.8 Å². The lowest BCUT2D eigenvalue weighted by Gasteiger charge is -2.23. The number of aromatic amines is 1. The van der Waals surface area contributed by atoms with Crippen LogP contribution in [0.25, 0.3) is 0 Å². The van der Waals surface area contributed by atoms with Crippen molar-refractivity contribution in [3.05, 3.63) is 77.1 Å². The number of Topliss-reactive ketones (excluding diaryl/α,β-unsaturated/α-hetero) is 1. The molecular weight excluding hydrogens is 682 g/mol. The van der Waals surface area contributed by atoms with Gasteiger partial charge in [0.2, 0.25) is 20.0 Å². The van der Waals surface area contributed by atoms with Crippen LogP contribution in [0.4, 0.5) is 26.3 Å². The van der Waals surface area contributed by atoms with Gasteiger partial charge in [0.15, 0.2) is 0 Å². The van der Waals surface area contributed by atoms with Gasteiger partial charge in [0, 0.05) is 18.0 Å². The maximum absolute atomic E-state index is 12.7. The summed E-state index contributed by atoms with van der Waals surface area (Å²) in [6.45, 7) is 3.53. The molecule has 0 bridgehead atoms. The Morgan fingerprint density at radius 3 is 1.64 bits per heavy atom. The maximum atomic E-state index is 12.7. The number of carbonyl (C=O) groups excluding carboxylic acids is 1. The van der Waals surface area contributed by atoms with Crippen LogP contribution in [0.1, 0.15) is 61.5 Å². The molecule has 0 spiro atoms. The first-order chi connectivity index (χ1) is 21.4. The quantitative estimate of drug-likeness (QED) is 0.195. The van der Waals surface area contributed by atoms with Gasteiger partial charge in [0.05, 0.1) is 51.9 Å². The summed E-state index contributed by atoms with van der Waals surface area (Å²) in [5.74, 6) is 7.82.